The standard InChI is InChI=1S/C16H15FN2O3/c17-12-6-8-13(9-7-12)19-16(21)15(20)18-10-11-22-14-4-2-1-3-5-14/h1-9H,10-11H2,(H,18,20)(H,19,21). The largest absolute Gasteiger partial charge is 0.492 e. The lowest BCUT2D eigenvalue weighted by molar-refractivity contribution is -0.136. The summed E-state index contributed by atoms with van der Waals surface area (Å²) >= 11 is 0. The molecule has 0 aliphatic carbocycles. The third kappa shape index (κ3) is 4.90. The van der Waals surface area contributed by atoms with E-state index in [1.54, 1.807) is 12.1 Å². The molecule has 0 saturated heterocycles. The zero-order chi connectivity index (χ0) is 15.8. The van der Waals surface area contributed by atoms with Crippen LogP contribution in [0.5, 0.6) is 5.75 Å². The Morgan fingerprint density at radius 3 is 2.32 bits per heavy atom. The number of carbonyl (C=O) groups excluding carboxylic acids is 2. The molecule has 0 bridgehead atoms. The van der Waals surface area contributed by atoms with Gasteiger partial charge in [-0.05, 0) is 36.4 Å². The Bertz CT molecular complexity index is 630. The number of nitrogens with one attached hydrogen (secondary N) is 2. The van der Waals surface area contributed by atoms with Crippen molar-refractivity contribution in [1.29, 1.82) is 0 Å². The van der Waals surface area contributed by atoms with Crippen molar-refractivity contribution in [3.63, 3.8) is 0 Å². The molecule has 114 valence electrons. The van der Waals surface area contributed by atoms with E-state index in [1.165, 1.54) is 24.3 Å². The van der Waals surface area contributed by atoms with Crippen molar-refractivity contribution < 1.29 is 18.7 Å². The van der Waals surface area contributed by atoms with E-state index >= 15 is 0 Å². The van der Waals surface area contributed by atoms with Crippen molar-refractivity contribution in [3.8, 4) is 5.75 Å². The predicted molar refractivity (Wildman–Crippen MR) is 80.0 cm³/mol. The highest BCUT2D eigenvalue weighted by atomic mass is 19.1. The minimum atomic E-state index is -0.814. The fourth-order valence-electron chi connectivity index (χ4n) is 1.65. The topological polar surface area (TPSA) is 67.4 Å². The smallest absolute Gasteiger partial charge is 0.313 e. The average molecular weight is 302 g/mol. The van der Waals surface area contributed by atoms with Crippen LogP contribution in [0.3, 0.4) is 0 Å². The van der Waals surface area contributed by atoms with E-state index in [0.717, 1.165) is 0 Å². The summed E-state index contributed by atoms with van der Waals surface area (Å²) in [5.74, 6) is -1.32. The second kappa shape index (κ2) is 7.78. The van der Waals surface area contributed by atoms with Gasteiger partial charge in [-0.3, -0.25) is 9.59 Å². The Kier molecular flexibility index (Phi) is 5.48. The van der Waals surface area contributed by atoms with E-state index in [9.17, 15) is 14.0 Å². The Morgan fingerprint density at radius 2 is 1.64 bits per heavy atom. The second-order valence-corrected chi connectivity index (χ2v) is 4.38. The maximum atomic E-state index is 12.7. The van der Waals surface area contributed by atoms with E-state index in [2.05, 4.69) is 10.6 Å². The van der Waals surface area contributed by atoms with Gasteiger partial charge in [0, 0.05) is 5.69 Å². The van der Waals surface area contributed by atoms with E-state index in [-0.39, 0.29) is 13.2 Å². The lowest BCUT2D eigenvalue weighted by Gasteiger charge is -2.08. The highest BCUT2D eigenvalue weighted by molar-refractivity contribution is 6.39. The normalized spacial score (nSPS) is 9.86. The van der Waals surface area contributed by atoms with Crippen LogP contribution in [0.25, 0.3) is 0 Å². The fraction of sp³-hybridized carbons (Fsp3) is 0.125. The molecule has 0 heterocycles. The molecule has 22 heavy (non-hydrogen) atoms. The van der Waals surface area contributed by atoms with Gasteiger partial charge in [-0.25, -0.2) is 4.39 Å². The third-order valence-electron chi connectivity index (χ3n) is 2.71. The van der Waals surface area contributed by atoms with Crippen LogP contribution in [0.15, 0.2) is 54.6 Å². The Morgan fingerprint density at radius 1 is 0.955 bits per heavy atom. The van der Waals surface area contributed by atoms with E-state index in [1.807, 2.05) is 18.2 Å². The molecule has 0 unspecified atom stereocenters. The summed E-state index contributed by atoms with van der Waals surface area (Å²) in [4.78, 5) is 23.2. The van der Waals surface area contributed by atoms with Crippen molar-refractivity contribution in [2.45, 2.75) is 0 Å². The van der Waals surface area contributed by atoms with Crippen molar-refractivity contribution >= 4 is 17.5 Å². The maximum absolute atomic E-state index is 12.7. The van der Waals surface area contributed by atoms with Gasteiger partial charge in [0.2, 0.25) is 0 Å². The first-order valence-corrected chi connectivity index (χ1v) is 6.68. The number of halogens is 1. The number of para-hydroxylation sites is 1. The number of rotatable bonds is 5. The van der Waals surface area contributed by atoms with Gasteiger partial charge < -0.3 is 15.4 Å². The van der Waals surface area contributed by atoms with Gasteiger partial charge in [-0.1, -0.05) is 18.2 Å². The molecule has 2 amide bonds. The van der Waals surface area contributed by atoms with Crippen LogP contribution in [-0.4, -0.2) is 25.0 Å². The summed E-state index contributed by atoms with van der Waals surface area (Å²) in [6.07, 6.45) is 0. The summed E-state index contributed by atoms with van der Waals surface area (Å²) in [6.45, 7) is 0.449. The fourth-order valence-corrected chi connectivity index (χ4v) is 1.65. The maximum Gasteiger partial charge on any atom is 0.313 e. The lowest BCUT2D eigenvalue weighted by Crippen LogP contribution is -2.37. The van der Waals surface area contributed by atoms with Gasteiger partial charge in [0.15, 0.2) is 0 Å². The second-order valence-electron chi connectivity index (χ2n) is 4.38. The summed E-state index contributed by atoms with van der Waals surface area (Å²) in [5.41, 5.74) is 0.349. The predicted octanol–water partition coefficient (Wildman–Crippen LogP) is 1.96. The first-order valence-electron chi connectivity index (χ1n) is 6.68. The number of anilines is 1. The number of carbonyl (C=O) groups is 2. The van der Waals surface area contributed by atoms with Crippen molar-refractivity contribution in [1.82, 2.24) is 5.32 Å². The highest BCUT2D eigenvalue weighted by Crippen LogP contribution is 2.08. The molecule has 2 N–H and O–H groups in total. The van der Waals surface area contributed by atoms with Crippen LogP contribution < -0.4 is 15.4 Å². The molecule has 0 aromatic heterocycles. The molecule has 6 heteroatoms. The zero-order valence-electron chi connectivity index (χ0n) is 11.7. The molecule has 0 saturated carbocycles. The van der Waals surface area contributed by atoms with E-state index in [0.29, 0.717) is 11.4 Å². The summed E-state index contributed by atoms with van der Waals surface area (Å²) in [7, 11) is 0. The molecular weight excluding hydrogens is 287 g/mol. The van der Waals surface area contributed by atoms with Gasteiger partial charge in [0.1, 0.15) is 18.2 Å². The number of hydrogen-bond acceptors (Lipinski definition) is 3. The minimum Gasteiger partial charge on any atom is -0.492 e. The molecule has 0 radical (unpaired) electrons. The molecular formula is C16H15FN2O3. The SMILES string of the molecule is O=C(NCCOc1ccccc1)C(=O)Nc1ccc(F)cc1. The quantitative estimate of drug-likeness (QED) is 0.655. The minimum absolute atomic E-state index is 0.199. The zero-order valence-corrected chi connectivity index (χ0v) is 11.7. The van der Waals surface area contributed by atoms with Crippen LogP contribution in [0.1, 0.15) is 0 Å². The van der Waals surface area contributed by atoms with Gasteiger partial charge >= 0.3 is 11.8 Å². The lowest BCUT2D eigenvalue weighted by atomic mass is 10.3. The average Bonchev–Trinajstić information content (AvgIpc) is 2.54. The Hall–Kier alpha value is -2.89. The number of amides is 2. The van der Waals surface area contributed by atoms with Crippen LogP contribution >= 0.6 is 0 Å². The van der Waals surface area contributed by atoms with Crippen molar-refractivity contribution in [2.75, 3.05) is 18.5 Å². The molecule has 0 aliphatic rings. The Labute approximate surface area is 127 Å². The number of benzene rings is 2. The Balaban J connectivity index is 1.70. The number of hydrogen-bond donors (Lipinski definition) is 2. The highest BCUT2D eigenvalue weighted by Gasteiger charge is 2.12. The summed E-state index contributed by atoms with van der Waals surface area (Å²) in [6, 6.07) is 14.3. The van der Waals surface area contributed by atoms with Crippen LogP contribution in [0, 0.1) is 5.82 Å². The molecule has 2 rings (SSSR count). The first-order chi connectivity index (χ1) is 10.6. The van der Waals surface area contributed by atoms with Gasteiger partial charge in [-0.2, -0.15) is 0 Å². The number of ether oxygens (including phenoxy) is 1. The van der Waals surface area contributed by atoms with E-state index in [4.69, 9.17) is 4.74 Å². The molecule has 2 aromatic rings. The summed E-state index contributed by atoms with van der Waals surface area (Å²) < 4.78 is 18.1. The molecule has 0 fully saturated rings. The van der Waals surface area contributed by atoms with Crippen LogP contribution in [0.4, 0.5) is 10.1 Å². The van der Waals surface area contributed by atoms with E-state index < -0.39 is 17.6 Å². The molecule has 5 nitrogen and oxygen atoms in total. The molecule has 0 atom stereocenters. The van der Waals surface area contributed by atoms with Gasteiger partial charge in [0.05, 0.1) is 6.54 Å². The van der Waals surface area contributed by atoms with Crippen molar-refractivity contribution in [2.24, 2.45) is 0 Å². The monoisotopic (exact) mass is 302 g/mol. The molecule has 0 spiro atoms. The van der Waals surface area contributed by atoms with Crippen LogP contribution in [-0.2, 0) is 9.59 Å². The molecule has 2 aromatic carbocycles. The molecule has 0 aliphatic heterocycles. The first kappa shape index (κ1) is 15.5. The summed E-state index contributed by atoms with van der Waals surface area (Å²) in [5, 5.41) is 4.80. The van der Waals surface area contributed by atoms with Crippen molar-refractivity contribution in [3.05, 3.63) is 60.4 Å². The van der Waals surface area contributed by atoms with Gasteiger partial charge in [0.25, 0.3) is 0 Å². The van der Waals surface area contributed by atoms with Gasteiger partial charge in [-0.15, -0.1) is 0 Å². The van der Waals surface area contributed by atoms with Crippen LogP contribution in [0.2, 0.25) is 0 Å². The third-order valence-corrected chi connectivity index (χ3v) is 2.71.